The molecule has 31 heavy (non-hydrogen) atoms. The first-order valence-electron chi connectivity index (χ1n) is 10.6. The van der Waals surface area contributed by atoms with Crippen LogP contribution in [0, 0.1) is 5.41 Å². The Balaban J connectivity index is 1.59. The van der Waals surface area contributed by atoms with Gasteiger partial charge in [-0.2, -0.15) is 0 Å². The molecule has 0 radical (unpaired) electrons. The van der Waals surface area contributed by atoms with Crippen molar-refractivity contribution in [1.29, 1.82) is 0 Å². The molecule has 1 saturated heterocycles. The van der Waals surface area contributed by atoms with E-state index < -0.39 is 5.41 Å². The van der Waals surface area contributed by atoms with Crippen LogP contribution in [-0.2, 0) is 11.2 Å². The maximum absolute atomic E-state index is 13.2. The van der Waals surface area contributed by atoms with Gasteiger partial charge in [-0.05, 0) is 31.9 Å². The van der Waals surface area contributed by atoms with E-state index in [9.17, 15) is 9.59 Å². The number of aromatic nitrogens is 2. The molecule has 0 aliphatic carbocycles. The maximum Gasteiger partial charge on any atom is 0.253 e. The monoisotopic (exact) mass is 418 g/mol. The summed E-state index contributed by atoms with van der Waals surface area (Å²) in [7, 11) is 0. The molecule has 3 heterocycles. The number of rotatable bonds is 6. The van der Waals surface area contributed by atoms with E-state index in [0.717, 1.165) is 17.7 Å². The predicted molar refractivity (Wildman–Crippen MR) is 116 cm³/mol. The number of hydrogen-bond acceptors (Lipinski definition) is 5. The molecule has 160 valence electrons. The Hall–Kier alpha value is -3.48. The predicted octanol–water partition coefficient (Wildman–Crippen LogP) is 3.34. The zero-order valence-electron chi connectivity index (χ0n) is 17.6. The van der Waals surface area contributed by atoms with Gasteiger partial charge < -0.3 is 14.7 Å². The van der Waals surface area contributed by atoms with E-state index in [4.69, 9.17) is 4.52 Å². The Labute approximate surface area is 181 Å². The van der Waals surface area contributed by atoms with Crippen molar-refractivity contribution in [3.05, 3.63) is 72.2 Å². The average Bonchev–Trinajstić information content (AvgIpc) is 3.28. The molecule has 0 spiro atoms. The third-order valence-corrected chi connectivity index (χ3v) is 5.75. The van der Waals surface area contributed by atoms with E-state index in [1.165, 1.54) is 0 Å². The zero-order valence-corrected chi connectivity index (χ0v) is 17.6. The van der Waals surface area contributed by atoms with Crippen molar-refractivity contribution in [2.45, 2.75) is 26.2 Å². The molecule has 1 atom stereocenters. The number of amides is 2. The van der Waals surface area contributed by atoms with Crippen LogP contribution in [0.3, 0.4) is 0 Å². The molecule has 2 aromatic heterocycles. The molecule has 1 N–H and O–H groups in total. The van der Waals surface area contributed by atoms with Crippen LogP contribution in [0.5, 0.6) is 0 Å². The molecule has 0 saturated carbocycles. The molecule has 4 rings (SSSR count). The summed E-state index contributed by atoms with van der Waals surface area (Å²) in [5.41, 5.74) is 1.52. The third kappa shape index (κ3) is 4.50. The van der Waals surface area contributed by atoms with E-state index in [2.05, 4.69) is 15.5 Å². The topological polar surface area (TPSA) is 88.3 Å². The third-order valence-electron chi connectivity index (χ3n) is 5.75. The van der Waals surface area contributed by atoms with Gasteiger partial charge in [0.1, 0.15) is 11.5 Å². The first-order chi connectivity index (χ1) is 15.1. The molecule has 7 heteroatoms. The molecule has 1 fully saturated rings. The number of piperidine rings is 1. The van der Waals surface area contributed by atoms with Gasteiger partial charge in [0.2, 0.25) is 5.91 Å². The van der Waals surface area contributed by atoms with Crippen LogP contribution < -0.4 is 5.32 Å². The van der Waals surface area contributed by atoms with E-state index in [1.54, 1.807) is 29.4 Å². The summed E-state index contributed by atoms with van der Waals surface area (Å²) in [6.45, 7) is 3.39. The SMILES string of the molecule is CCNC(=O)[C@@]1(Cc2cc(-c3ccccc3)no2)CCCN(C(=O)c2ccncc2)C1. The van der Waals surface area contributed by atoms with Gasteiger partial charge in [-0.25, -0.2) is 0 Å². The highest BCUT2D eigenvalue weighted by molar-refractivity contribution is 5.95. The Morgan fingerprint density at radius 1 is 1.16 bits per heavy atom. The largest absolute Gasteiger partial charge is 0.361 e. The highest BCUT2D eigenvalue weighted by atomic mass is 16.5. The number of nitrogens with zero attached hydrogens (tertiary/aromatic N) is 3. The van der Waals surface area contributed by atoms with Crippen molar-refractivity contribution in [3.8, 4) is 11.3 Å². The van der Waals surface area contributed by atoms with E-state index >= 15 is 0 Å². The molecule has 7 nitrogen and oxygen atoms in total. The summed E-state index contributed by atoms with van der Waals surface area (Å²) in [6.07, 6.45) is 5.02. The summed E-state index contributed by atoms with van der Waals surface area (Å²) in [5.74, 6) is 0.501. The van der Waals surface area contributed by atoms with Gasteiger partial charge in [-0.15, -0.1) is 0 Å². The lowest BCUT2D eigenvalue weighted by molar-refractivity contribution is -0.133. The number of nitrogens with one attached hydrogen (secondary N) is 1. The van der Waals surface area contributed by atoms with Crippen LogP contribution in [0.15, 0.2) is 65.4 Å². The van der Waals surface area contributed by atoms with Crippen molar-refractivity contribution in [2.75, 3.05) is 19.6 Å². The summed E-state index contributed by atoms with van der Waals surface area (Å²) < 4.78 is 5.61. The summed E-state index contributed by atoms with van der Waals surface area (Å²) in [5, 5.41) is 7.16. The second-order valence-corrected chi connectivity index (χ2v) is 7.93. The van der Waals surface area contributed by atoms with E-state index in [1.807, 2.05) is 43.3 Å². The fourth-order valence-corrected chi connectivity index (χ4v) is 4.21. The fraction of sp³-hybridized carbons (Fsp3) is 0.333. The molecule has 3 aromatic rings. The van der Waals surface area contributed by atoms with Crippen LogP contribution in [0.2, 0.25) is 0 Å². The van der Waals surface area contributed by atoms with Gasteiger partial charge in [0, 0.05) is 55.6 Å². The van der Waals surface area contributed by atoms with E-state index in [0.29, 0.717) is 43.8 Å². The standard InChI is InChI=1S/C24H26N4O3/c1-2-26-23(30)24(16-20-15-21(27-31-20)18-7-4-3-5-8-18)11-6-14-28(17-24)22(29)19-9-12-25-13-10-19/h3-5,7-10,12-13,15H,2,6,11,14,16-17H2,1H3,(H,26,30)/t24-/m1/s1. The van der Waals surface area contributed by atoms with Crippen molar-refractivity contribution >= 4 is 11.8 Å². The van der Waals surface area contributed by atoms with Crippen molar-refractivity contribution < 1.29 is 14.1 Å². The molecule has 2 amide bonds. The van der Waals surface area contributed by atoms with Gasteiger partial charge in [-0.3, -0.25) is 14.6 Å². The van der Waals surface area contributed by atoms with Crippen LogP contribution in [0.4, 0.5) is 0 Å². The Morgan fingerprint density at radius 3 is 2.68 bits per heavy atom. The molecule has 1 aliphatic rings. The quantitative estimate of drug-likeness (QED) is 0.663. The van der Waals surface area contributed by atoms with Gasteiger partial charge >= 0.3 is 0 Å². The zero-order chi connectivity index (χ0) is 21.7. The van der Waals surface area contributed by atoms with Crippen LogP contribution in [0.1, 0.15) is 35.9 Å². The van der Waals surface area contributed by atoms with Gasteiger partial charge in [-0.1, -0.05) is 35.5 Å². The van der Waals surface area contributed by atoms with Crippen LogP contribution >= 0.6 is 0 Å². The molecule has 0 bridgehead atoms. The van der Waals surface area contributed by atoms with Crippen molar-refractivity contribution in [2.24, 2.45) is 5.41 Å². The minimum Gasteiger partial charge on any atom is -0.361 e. The lowest BCUT2D eigenvalue weighted by Gasteiger charge is -2.41. The minimum absolute atomic E-state index is 0.0557. The second kappa shape index (κ2) is 9.12. The highest BCUT2D eigenvalue weighted by Crippen LogP contribution is 2.35. The number of likely N-dealkylation sites (tertiary alicyclic amines) is 1. The number of carbonyl (C=O) groups excluding carboxylic acids is 2. The number of benzene rings is 1. The number of carbonyl (C=O) groups is 2. The number of pyridine rings is 1. The highest BCUT2D eigenvalue weighted by Gasteiger charge is 2.44. The molecule has 1 aromatic carbocycles. The molecule has 0 unspecified atom stereocenters. The first kappa shape index (κ1) is 20.8. The van der Waals surface area contributed by atoms with E-state index in [-0.39, 0.29) is 11.8 Å². The Bertz CT molecular complexity index is 1040. The second-order valence-electron chi connectivity index (χ2n) is 7.93. The smallest absolute Gasteiger partial charge is 0.253 e. The summed E-state index contributed by atoms with van der Waals surface area (Å²) in [6, 6.07) is 15.1. The average molecular weight is 418 g/mol. The lowest BCUT2D eigenvalue weighted by Crippen LogP contribution is -2.54. The molecule has 1 aliphatic heterocycles. The van der Waals surface area contributed by atoms with Crippen LogP contribution in [0.25, 0.3) is 11.3 Å². The molecular weight excluding hydrogens is 392 g/mol. The summed E-state index contributed by atoms with van der Waals surface area (Å²) in [4.78, 5) is 32.0. The van der Waals surface area contributed by atoms with Crippen LogP contribution in [-0.4, -0.2) is 46.5 Å². The van der Waals surface area contributed by atoms with Crippen molar-refractivity contribution in [1.82, 2.24) is 20.4 Å². The minimum atomic E-state index is -0.759. The maximum atomic E-state index is 13.2. The van der Waals surface area contributed by atoms with Gasteiger partial charge in [0.25, 0.3) is 5.91 Å². The van der Waals surface area contributed by atoms with Gasteiger partial charge in [0.15, 0.2) is 0 Å². The fourth-order valence-electron chi connectivity index (χ4n) is 4.21. The summed E-state index contributed by atoms with van der Waals surface area (Å²) >= 11 is 0. The van der Waals surface area contributed by atoms with Crippen molar-refractivity contribution in [3.63, 3.8) is 0 Å². The lowest BCUT2D eigenvalue weighted by atomic mass is 9.75. The normalized spacial score (nSPS) is 18.5. The Kier molecular flexibility index (Phi) is 6.11. The Morgan fingerprint density at radius 2 is 1.94 bits per heavy atom. The number of hydrogen-bond donors (Lipinski definition) is 1. The molecular formula is C24H26N4O3. The first-order valence-corrected chi connectivity index (χ1v) is 10.6. The van der Waals surface area contributed by atoms with Gasteiger partial charge in [0.05, 0.1) is 5.41 Å².